The van der Waals surface area contributed by atoms with Gasteiger partial charge < -0.3 is 15.7 Å². The van der Waals surface area contributed by atoms with Crippen molar-refractivity contribution >= 4 is 17.8 Å². The number of nitrogens with one attached hydrogen (secondary N) is 2. The maximum absolute atomic E-state index is 11.2. The van der Waals surface area contributed by atoms with Crippen molar-refractivity contribution in [2.75, 3.05) is 0 Å². The van der Waals surface area contributed by atoms with Gasteiger partial charge in [-0.1, -0.05) is 0 Å². The summed E-state index contributed by atoms with van der Waals surface area (Å²) in [6.07, 6.45) is -0.00757. The van der Waals surface area contributed by atoms with Crippen LogP contribution in [-0.2, 0) is 14.4 Å². The Bertz CT molecular complexity index is 277. The monoisotopic (exact) mass is 200 g/mol. The molecule has 1 saturated heterocycles. The van der Waals surface area contributed by atoms with E-state index in [1.165, 1.54) is 0 Å². The van der Waals surface area contributed by atoms with Crippen molar-refractivity contribution in [3.63, 3.8) is 0 Å². The molecular weight excluding hydrogens is 188 g/mol. The summed E-state index contributed by atoms with van der Waals surface area (Å²) in [4.78, 5) is 32.6. The first kappa shape index (κ1) is 10.5. The Labute approximate surface area is 80.7 Å². The molecule has 1 aliphatic heterocycles. The number of piperazine rings is 1. The summed E-state index contributed by atoms with van der Waals surface area (Å²) in [5.74, 6) is -1.58. The molecule has 0 saturated carbocycles. The van der Waals surface area contributed by atoms with E-state index in [4.69, 9.17) is 5.11 Å². The molecule has 0 aromatic rings. The second-order valence-electron chi connectivity index (χ2n) is 3.22. The standard InChI is InChI=1S/C8H12N2O4/c1-4-7(13)10-5(8(14)9-4)2-3-6(11)12/h4-5H,2-3H2,1H3,(H,9,14)(H,10,13)(H,11,12). The average molecular weight is 200 g/mol. The summed E-state index contributed by atoms with van der Waals surface area (Å²) in [6.45, 7) is 1.57. The number of carboxylic acid groups (broad SMARTS) is 1. The van der Waals surface area contributed by atoms with E-state index in [9.17, 15) is 14.4 Å². The molecule has 1 aliphatic rings. The van der Waals surface area contributed by atoms with Gasteiger partial charge in [0.1, 0.15) is 12.1 Å². The molecule has 0 bridgehead atoms. The summed E-state index contributed by atoms with van der Waals surface area (Å²) >= 11 is 0. The highest BCUT2D eigenvalue weighted by molar-refractivity contribution is 5.96. The lowest BCUT2D eigenvalue weighted by molar-refractivity contribution is -0.139. The van der Waals surface area contributed by atoms with Crippen molar-refractivity contribution in [3.05, 3.63) is 0 Å². The normalized spacial score (nSPS) is 26.6. The fraction of sp³-hybridized carbons (Fsp3) is 0.625. The van der Waals surface area contributed by atoms with Crippen LogP contribution >= 0.6 is 0 Å². The maximum atomic E-state index is 11.2. The number of hydrogen-bond acceptors (Lipinski definition) is 3. The Morgan fingerprint density at radius 1 is 1.36 bits per heavy atom. The van der Waals surface area contributed by atoms with E-state index in [0.717, 1.165) is 0 Å². The largest absolute Gasteiger partial charge is 0.481 e. The molecule has 2 amide bonds. The number of aliphatic carboxylic acids is 1. The van der Waals surface area contributed by atoms with E-state index in [2.05, 4.69) is 10.6 Å². The summed E-state index contributed by atoms with van der Waals surface area (Å²) in [6, 6.07) is -1.25. The molecule has 2 atom stereocenters. The molecule has 6 nitrogen and oxygen atoms in total. The molecule has 3 N–H and O–H groups in total. The smallest absolute Gasteiger partial charge is 0.303 e. The Morgan fingerprint density at radius 3 is 2.57 bits per heavy atom. The number of hydrogen-bond donors (Lipinski definition) is 3. The molecule has 78 valence electrons. The fourth-order valence-electron chi connectivity index (χ4n) is 1.21. The zero-order valence-electron chi connectivity index (χ0n) is 7.74. The van der Waals surface area contributed by atoms with Gasteiger partial charge in [0, 0.05) is 6.42 Å². The second kappa shape index (κ2) is 4.08. The Hall–Kier alpha value is -1.59. The van der Waals surface area contributed by atoms with Gasteiger partial charge in [-0.15, -0.1) is 0 Å². The van der Waals surface area contributed by atoms with Crippen LogP contribution < -0.4 is 10.6 Å². The lowest BCUT2D eigenvalue weighted by Gasteiger charge is -2.27. The van der Waals surface area contributed by atoms with Crippen molar-refractivity contribution in [2.24, 2.45) is 0 Å². The van der Waals surface area contributed by atoms with Crippen LogP contribution in [0.25, 0.3) is 0 Å². The Kier molecular flexibility index (Phi) is 3.06. The van der Waals surface area contributed by atoms with Crippen molar-refractivity contribution in [2.45, 2.75) is 31.8 Å². The zero-order valence-corrected chi connectivity index (χ0v) is 7.74. The number of amides is 2. The predicted molar refractivity (Wildman–Crippen MR) is 46.4 cm³/mol. The quantitative estimate of drug-likeness (QED) is 0.536. The predicted octanol–water partition coefficient (Wildman–Crippen LogP) is -1.15. The molecule has 1 heterocycles. The van der Waals surface area contributed by atoms with Crippen molar-refractivity contribution in [1.82, 2.24) is 10.6 Å². The van der Waals surface area contributed by atoms with Gasteiger partial charge in [0.25, 0.3) is 0 Å². The summed E-state index contributed by atoms with van der Waals surface area (Å²) in [5.41, 5.74) is 0. The van der Waals surface area contributed by atoms with E-state index in [1.807, 2.05) is 0 Å². The van der Waals surface area contributed by atoms with Crippen molar-refractivity contribution in [3.8, 4) is 0 Å². The summed E-state index contributed by atoms with van der Waals surface area (Å²) < 4.78 is 0. The SMILES string of the molecule is CC1NC(=O)C(CCC(=O)O)NC1=O. The highest BCUT2D eigenvalue weighted by Crippen LogP contribution is 2.03. The van der Waals surface area contributed by atoms with Crippen molar-refractivity contribution in [1.29, 1.82) is 0 Å². The van der Waals surface area contributed by atoms with Crippen molar-refractivity contribution < 1.29 is 19.5 Å². The third-order valence-electron chi connectivity index (χ3n) is 2.03. The topological polar surface area (TPSA) is 95.5 Å². The lowest BCUT2D eigenvalue weighted by Crippen LogP contribution is -2.60. The minimum atomic E-state index is -0.981. The van der Waals surface area contributed by atoms with E-state index in [1.54, 1.807) is 6.92 Å². The van der Waals surface area contributed by atoms with Crippen LogP contribution in [0, 0.1) is 0 Å². The molecule has 14 heavy (non-hydrogen) atoms. The van der Waals surface area contributed by atoms with Gasteiger partial charge in [0.2, 0.25) is 11.8 Å². The number of rotatable bonds is 3. The van der Waals surface area contributed by atoms with Crippen LogP contribution in [0.1, 0.15) is 19.8 Å². The minimum Gasteiger partial charge on any atom is -0.481 e. The molecule has 0 aromatic carbocycles. The van der Waals surface area contributed by atoms with Gasteiger partial charge in [-0.2, -0.15) is 0 Å². The first-order valence-electron chi connectivity index (χ1n) is 4.33. The first-order chi connectivity index (χ1) is 6.50. The minimum absolute atomic E-state index is 0.125. The Morgan fingerprint density at radius 2 is 2.00 bits per heavy atom. The fourth-order valence-corrected chi connectivity index (χ4v) is 1.21. The third kappa shape index (κ3) is 2.45. The number of carbonyl (C=O) groups is 3. The number of carbonyl (C=O) groups excluding carboxylic acids is 2. The van der Waals surface area contributed by atoms with Crippen LogP contribution in [0.15, 0.2) is 0 Å². The molecule has 2 unspecified atom stereocenters. The van der Waals surface area contributed by atoms with Crippen LogP contribution in [0.5, 0.6) is 0 Å². The molecule has 1 rings (SSSR count). The van der Waals surface area contributed by atoms with Gasteiger partial charge >= 0.3 is 5.97 Å². The van der Waals surface area contributed by atoms with Gasteiger partial charge in [-0.25, -0.2) is 0 Å². The zero-order chi connectivity index (χ0) is 10.7. The molecule has 0 aliphatic carbocycles. The van der Waals surface area contributed by atoms with E-state index in [0.29, 0.717) is 0 Å². The second-order valence-corrected chi connectivity index (χ2v) is 3.22. The molecule has 0 spiro atoms. The van der Waals surface area contributed by atoms with Gasteiger partial charge in [-0.05, 0) is 13.3 Å². The van der Waals surface area contributed by atoms with Gasteiger partial charge in [-0.3, -0.25) is 14.4 Å². The highest BCUT2D eigenvalue weighted by Gasteiger charge is 2.30. The average Bonchev–Trinajstić information content (AvgIpc) is 2.09. The Balaban J connectivity index is 2.49. The maximum Gasteiger partial charge on any atom is 0.303 e. The van der Waals surface area contributed by atoms with E-state index < -0.39 is 18.1 Å². The highest BCUT2D eigenvalue weighted by atomic mass is 16.4. The molecule has 6 heteroatoms. The third-order valence-corrected chi connectivity index (χ3v) is 2.03. The first-order valence-corrected chi connectivity index (χ1v) is 4.33. The molecule has 1 fully saturated rings. The van der Waals surface area contributed by atoms with Crippen LogP contribution in [0.2, 0.25) is 0 Å². The summed E-state index contributed by atoms with van der Waals surface area (Å²) in [7, 11) is 0. The molecule has 0 aromatic heterocycles. The van der Waals surface area contributed by atoms with Gasteiger partial charge in [0.05, 0.1) is 0 Å². The van der Waals surface area contributed by atoms with Crippen LogP contribution in [-0.4, -0.2) is 35.0 Å². The lowest BCUT2D eigenvalue weighted by atomic mass is 10.1. The van der Waals surface area contributed by atoms with E-state index in [-0.39, 0.29) is 24.7 Å². The number of carboxylic acids is 1. The molecule has 0 radical (unpaired) electrons. The van der Waals surface area contributed by atoms with Gasteiger partial charge in [0.15, 0.2) is 0 Å². The van der Waals surface area contributed by atoms with Crippen LogP contribution in [0.3, 0.4) is 0 Å². The van der Waals surface area contributed by atoms with Crippen LogP contribution in [0.4, 0.5) is 0 Å². The summed E-state index contributed by atoms with van der Waals surface area (Å²) in [5, 5.41) is 13.3. The molecular formula is C8H12N2O4. The van der Waals surface area contributed by atoms with E-state index >= 15 is 0 Å².